The van der Waals surface area contributed by atoms with Crippen molar-refractivity contribution in [2.45, 2.75) is 31.5 Å². The zero-order chi connectivity index (χ0) is 7.72. The third kappa shape index (κ3) is 1.45. The van der Waals surface area contributed by atoms with Gasteiger partial charge in [0, 0.05) is 0 Å². The molecule has 1 heterocycles. The minimum atomic E-state index is -0.0660. The topological polar surface area (TPSA) is 26.3 Å². The van der Waals surface area contributed by atoms with E-state index < -0.39 is 0 Å². The molecule has 0 aromatic heterocycles. The highest BCUT2D eigenvalue weighted by molar-refractivity contribution is 8.01. The van der Waals surface area contributed by atoms with Crippen molar-refractivity contribution in [3.8, 4) is 0 Å². The molecule has 1 aliphatic rings. The number of hydrogen-bond donors (Lipinski definition) is 0. The Balaban J connectivity index is 2.49. The third-order valence-electron chi connectivity index (χ3n) is 1.45. The van der Waals surface area contributed by atoms with Crippen LogP contribution in [0.5, 0.6) is 0 Å². The second-order valence-corrected chi connectivity index (χ2v) is 4.27. The van der Waals surface area contributed by atoms with Gasteiger partial charge in [-0.25, -0.2) is 0 Å². The first-order valence-corrected chi connectivity index (χ1v) is 4.41. The zero-order valence-electron chi connectivity index (χ0n) is 6.46. The Labute approximate surface area is 65.3 Å². The summed E-state index contributed by atoms with van der Waals surface area (Å²) >= 11 is 1.61. The second kappa shape index (κ2) is 2.82. The van der Waals surface area contributed by atoms with Gasteiger partial charge in [-0.1, -0.05) is 13.8 Å². The maximum atomic E-state index is 10.8. The molecule has 1 fully saturated rings. The first-order valence-electron chi connectivity index (χ1n) is 3.47. The van der Waals surface area contributed by atoms with Crippen LogP contribution in [0.3, 0.4) is 0 Å². The van der Waals surface area contributed by atoms with Gasteiger partial charge < -0.3 is 4.74 Å². The third-order valence-corrected chi connectivity index (χ3v) is 2.96. The fourth-order valence-electron chi connectivity index (χ4n) is 0.788. The summed E-state index contributed by atoms with van der Waals surface area (Å²) in [4.78, 5) is 10.8. The van der Waals surface area contributed by atoms with E-state index in [0.29, 0.717) is 5.92 Å². The van der Waals surface area contributed by atoms with Gasteiger partial charge in [-0.2, -0.15) is 0 Å². The Bertz CT molecular complexity index is 145. The van der Waals surface area contributed by atoms with Crippen molar-refractivity contribution in [1.82, 2.24) is 0 Å². The van der Waals surface area contributed by atoms with Crippen LogP contribution in [-0.4, -0.2) is 16.7 Å². The lowest BCUT2D eigenvalue weighted by atomic mass is 10.2. The van der Waals surface area contributed by atoms with E-state index in [4.69, 9.17) is 4.74 Å². The van der Waals surface area contributed by atoms with Gasteiger partial charge in [0.25, 0.3) is 0 Å². The second-order valence-electron chi connectivity index (χ2n) is 2.83. The lowest BCUT2D eigenvalue weighted by Gasteiger charge is -2.10. The average Bonchev–Trinajstić information content (AvgIpc) is 2.13. The fourth-order valence-corrected chi connectivity index (χ4v) is 1.82. The summed E-state index contributed by atoms with van der Waals surface area (Å²) in [7, 11) is 0. The highest BCUT2D eigenvalue weighted by atomic mass is 32.2. The van der Waals surface area contributed by atoms with Crippen molar-refractivity contribution >= 4 is 17.7 Å². The summed E-state index contributed by atoms with van der Waals surface area (Å²) in [5.74, 6) is 0.364. The van der Waals surface area contributed by atoms with Crippen LogP contribution in [0.25, 0.3) is 0 Å². The van der Waals surface area contributed by atoms with E-state index in [9.17, 15) is 4.79 Å². The molecule has 1 rings (SSSR count). The van der Waals surface area contributed by atoms with Crippen molar-refractivity contribution in [3.63, 3.8) is 0 Å². The number of cyclic esters (lactones) is 1. The standard InChI is InChI=1S/C7H12O2S/c1-4(2)7-9-6(8)5(3)10-7/h4-5,7H,1-3H3/t5-,7-/m0/s1. The van der Waals surface area contributed by atoms with Gasteiger partial charge in [0.15, 0.2) is 5.44 Å². The molecular formula is C7H12O2S. The van der Waals surface area contributed by atoms with Gasteiger partial charge in [0.1, 0.15) is 5.25 Å². The molecule has 0 aromatic rings. The molecular weight excluding hydrogens is 148 g/mol. The van der Waals surface area contributed by atoms with E-state index >= 15 is 0 Å². The number of esters is 1. The molecule has 0 aromatic carbocycles. The fraction of sp³-hybridized carbons (Fsp3) is 0.857. The Morgan fingerprint density at radius 1 is 1.60 bits per heavy atom. The lowest BCUT2D eigenvalue weighted by molar-refractivity contribution is -0.143. The molecule has 1 aliphatic heterocycles. The van der Waals surface area contributed by atoms with Crippen LogP contribution in [0.4, 0.5) is 0 Å². The first kappa shape index (κ1) is 7.92. The molecule has 0 bridgehead atoms. The summed E-state index contributed by atoms with van der Waals surface area (Å²) in [6.07, 6.45) is 0. The highest BCUT2D eigenvalue weighted by Crippen LogP contribution is 2.32. The molecule has 10 heavy (non-hydrogen) atoms. The minimum Gasteiger partial charge on any atom is -0.450 e. The van der Waals surface area contributed by atoms with E-state index in [1.54, 1.807) is 11.8 Å². The largest absolute Gasteiger partial charge is 0.450 e. The molecule has 0 unspecified atom stereocenters. The summed E-state index contributed by atoms with van der Waals surface area (Å²) < 4.78 is 5.06. The van der Waals surface area contributed by atoms with E-state index in [1.807, 2.05) is 6.92 Å². The molecule has 58 valence electrons. The van der Waals surface area contributed by atoms with Crippen molar-refractivity contribution in [2.24, 2.45) is 5.92 Å². The van der Waals surface area contributed by atoms with Crippen LogP contribution in [-0.2, 0) is 9.53 Å². The average molecular weight is 160 g/mol. The molecule has 0 radical (unpaired) electrons. The van der Waals surface area contributed by atoms with E-state index in [-0.39, 0.29) is 16.7 Å². The molecule has 2 nitrogen and oxygen atoms in total. The first-order chi connectivity index (χ1) is 4.61. The van der Waals surface area contributed by atoms with Crippen molar-refractivity contribution < 1.29 is 9.53 Å². The Kier molecular flexibility index (Phi) is 2.24. The van der Waals surface area contributed by atoms with Crippen LogP contribution < -0.4 is 0 Å². The van der Waals surface area contributed by atoms with Gasteiger partial charge in [-0.3, -0.25) is 4.79 Å². The van der Waals surface area contributed by atoms with Crippen molar-refractivity contribution in [2.75, 3.05) is 0 Å². The van der Waals surface area contributed by atoms with Gasteiger partial charge in [0.05, 0.1) is 0 Å². The van der Waals surface area contributed by atoms with Crippen LogP contribution in [0, 0.1) is 5.92 Å². The molecule has 0 amide bonds. The number of rotatable bonds is 1. The van der Waals surface area contributed by atoms with Crippen molar-refractivity contribution in [1.29, 1.82) is 0 Å². The Morgan fingerprint density at radius 2 is 2.20 bits per heavy atom. The predicted octanol–water partition coefficient (Wildman–Crippen LogP) is 1.65. The summed E-state index contributed by atoms with van der Waals surface area (Å²) in [5, 5.41) is 0.0346. The minimum absolute atomic E-state index is 0.0346. The summed E-state index contributed by atoms with van der Waals surface area (Å²) in [5.41, 5.74) is 0.0856. The molecule has 0 aliphatic carbocycles. The van der Waals surface area contributed by atoms with Crippen LogP contribution in [0.1, 0.15) is 20.8 Å². The highest BCUT2D eigenvalue weighted by Gasteiger charge is 2.33. The SMILES string of the molecule is CC(C)[C@H]1OC(=O)[C@H](C)S1. The normalized spacial score (nSPS) is 33.0. The molecule has 2 atom stereocenters. The predicted molar refractivity (Wildman–Crippen MR) is 41.8 cm³/mol. The Hall–Kier alpha value is -0.180. The number of hydrogen-bond acceptors (Lipinski definition) is 3. The molecule has 0 saturated carbocycles. The maximum Gasteiger partial charge on any atom is 0.320 e. The van der Waals surface area contributed by atoms with E-state index in [2.05, 4.69) is 13.8 Å². The zero-order valence-corrected chi connectivity index (χ0v) is 7.27. The molecule has 1 saturated heterocycles. The number of carbonyl (C=O) groups is 1. The number of carbonyl (C=O) groups excluding carboxylic acids is 1. The molecule has 0 spiro atoms. The lowest BCUT2D eigenvalue weighted by Crippen LogP contribution is -2.12. The van der Waals surface area contributed by atoms with Gasteiger partial charge in [0.2, 0.25) is 0 Å². The van der Waals surface area contributed by atoms with Crippen LogP contribution in [0.2, 0.25) is 0 Å². The summed E-state index contributed by atoms with van der Waals surface area (Å²) in [6, 6.07) is 0. The monoisotopic (exact) mass is 160 g/mol. The number of thioether (sulfide) groups is 1. The van der Waals surface area contributed by atoms with Crippen LogP contribution >= 0.6 is 11.8 Å². The number of ether oxygens (including phenoxy) is 1. The smallest absolute Gasteiger partial charge is 0.320 e. The van der Waals surface area contributed by atoms with Crippen molar-refractivity contribution in [3.05, 3.63) is 0 Å². The van der Waals surface area contributed by atoms with Gasteiger partial charge in [-0.15, -0.1) is 11.8 Å². The quantitative estimate of drug-likeness (QED) is 0.545. The molecule has 0 N–H and O–H groups in total. The summed E-state index contributed by atoms with van der Waals surface area (Å²) in [6.45, 7) is 6.00. The van der Waals surface area contributed by atoms with E-state index in [1.165, 1.54) is 0 Å². The molecule has 3 heteroatoms. The maximum absolute atomic E-state index is 10.8. The Morgan fingerprint density at radius 3 is 2.40 bits per heavy atom. The van der Waals surface area contributed by atoms with Gasteiger partial charge >= 0.3 is 5.97 Å². The van der Waals surface area contributed by atoms with Gasteiger partial charge in [-0.05, 0) is 12.8 Å². The van der Waals surface area contributed by atoms with Crippen LogP contribution in [0.15, 0.2) is 0 Å². The van der Waals surface area contributed by atoms with E-state index in [0.717, 1.165) is 0 Å².